The van der Waals surface area contributed by atoms with E-state index in [9.17, 15) is 0 Å². The normalized spacial score (nSPS) is 11.5. The maximum absolute atomic E-state index is 6.59. The monoisotopic (exact) mass is 613 g/mol. The number of ether oxygens (including phenoxy) is 1. The second-order valence-corrected chi connectivity index (χ2v) is 12.1. The van der Waals surface area contributed by atoms with Crippen LogP contribution in [0.15, 0.2) is 188 Å². The maximum Gasteiger partial charge on any atom is 0.135 e. The summed E-state index contributed by atoms with van der Waals surface area (Å²) in [5.74, 6) is 1.72. The molecule has 0 aliphatic carbocycles. The van der Waals surface area contributed by atoms with Gasteiger partial charge in [-0.2, -0.15) is 0 Å². The first-order chi connectivity index (χ1) is 23.8. The SMILES string of the molecule is c1ccc(-c2ccc(N(c3ccccc3-c3ccccc3)c3ccc4c5c(cccc35)-c3ccccc3Oc3ccccc3-4)cc2)cc1. The number of nitrogens with zero attached hydrogens (tertiary/aromatic N) is 1. The van der Waals surface area contributed by atoms with Crippen LogP contribution in [0.25, 0.3) is 55.3 Å². The highest BCUT2D eigenvalue weighted by Gasteiger charge is 2.25. The van der Waals surface area contributed by atoms with Crippen LogP contribution >= 0.6 is 0 Å². The van der Waals surface area contributed by atoms with Gasteiger partial charge in [-0.1, -0.05) is 152 Å². The van der Waals surface area contributed by atoms with E-state index in [-0.39, 0.29) is 0 Å². The van der Waals surface area contributed by atoms with Crippen LogP contribution in [0, 0.1) is 0 Å². The molecule has 0 atom stereocenters. The molecule has 0 N–H and O–H groups in total. The van der Waals surface area contributed by atoms with Crippen molar-refractivity contribution in [2.75, 3.05) is 4.90 Å². The molecule has 0 saturated heterocycles. The number of anilines is 3. The van der Waals surface area contributed by atoms with Crippen molar-refractivity contribution >= 4 is 27.8 Å². The first kappa shape index (κ1) is 27.9. The van der Waals surface area contributed by atoms with Crippen molar-refractivity contribution in [3.05, 3.63) is 188 Å². The fourth-order valence-electron chi connectivity index (χ4n) is 7.08. The molecule has 1 heterocycles. The van der Waals surface area contributed by atoms with E-state index in [1.807, 2.05) is 12.1 Å². The average molecular weight is 614 g/mol. The van der Waals surface area contributed by atoms with Crippen LogP contribution in [0.2, 0.25) is 0 Å². The molecule has 0 amide bonds. The Balaban J connectivity index is 1.34. The number of rotatable bonds is 5. The molecule has 1 aliphatic rings. The number of hydrogen-bond acceptors (Lipinski definition) is 2. The zero-order valence-electron chi connectivity index (χ0n) is 26.3. The molecule has 9 rings (SSSR count). The van der Waals surface area contributed by atoms with Gasteiger partial charge in [0.1, 0.15) is 11.5 Å². The van der Waals surface area contributed by atoms with Crippen LogP contribution in [0.1, 0.15) is 0 Å². The van der Waals surface area contributed by atoms with E-state index in [4.69, 9.17) is 4.74 Å². The molecule has 8 aromatic carbocycles. The largest absolute Gasteiger partial charge is 0.456 e. The second kappa shape index (κ2) is 11.8. The van der Waals surface area contributed by atoms with Gasteiger partial charge in [-0.25, -0.2) is 0 Å². The molecule has 2 heteroatoms. The molecular weight excluding hydrogens is 583 g/mol. The molecule has 48 heavy (non-hydrogen) atoms. The van der Waals surface area contributed by atoms with E-state index in [0.29, 0.717) is 0 Å². The Kier molecular flexibility index (Phi) is 6.84. The smallest absolute Gasteiger partial charge is 0.135 e. The molecule has 0 aromatic heterocycles. The Morgan fingerprint density at radius 1 is 0.312 bits per heavy atom. The summed E-state index contributed by atoms with van der Waals surface area (Å²) in [6.45, 7) is 0. The van der Waals surface area contributed by atoms with E-state index < -0.39 is 0 Å². The summed E-state index contributed by atoms with van der Waals surface area (Å²) in [7, 11) is 0. The molecule has 2 nitrogen and oxygen atoms in total. The molecule has 0 spiro atoms. The van der Waals surface area contributed by atoms with E-state index in [1.54, 1.807) is 0 Å². The lowest BCUT2D eigenvalue weighted by Crippen LogP contribution is -2.12. The fourth-order valence-corrected chi connectivity index (χ4v) is 7.08. The Bertz CT molecular complexity index is 2360. The second-order valence-electron chi connectivity index (χ2n) is 12.1. The van der Waals surface area contributed by atoms with E-state index in [0.717, 1.165) is 50.8 Å². The van der Waals surface area contributed by atoms with Gasteiger partial charge >= 0.3 is 0 Å². The quantitative estimate of drug-likeness (QED) is 0.191. The third-order valence-corrected chi connectivity index (χ3v) is 9.30. The predicted octanol–water partition coefficient (Wildman–Crippen LogP) is 13.1. The summed E-state index contributed by atoms with van der Waals surface area (Å²) >= 11 is 0. The third kappa shape index (κ3) is 4.74. The van der Waals surface area contributed by atoms with Crippen molar-refractivity contribution in [3.63, 3.8) is 0 Å². The summed E-state index contributed by atoms with van der Waals surface area (Å²) in [6, 6.07) is 66.8. The zero-order chi connectivity index (χ0) is 31.9. The van der Waals surface area contributed by atoms with Gasteiger partial charge in [0.05, 0.1) is 11.4 Å². The fraction of sp³-hybridized carbons (Fsp3) is 0. The highest BCUT2D eigenvalue weighted by Crippen LogP contribution is 2.51. The van der Waals surface area contributed by atoms with Gasteiger partial charge in [-0.05, 0) is 69.6 Å². The third-order valence-electron chi connectivity index (χ3n) is 9.30. The molecular formula is C46H31NO. The predicted molar refractivity (Wildman–Crippen MR) is 200 cm³/mol. The summed E-state index contributed by atoms with van der Waals surface area (Å²) < 4.78 is 6.59. The highest BCUT2D eigenvalue weighted by molar-refractivity contribution is 6.14. The van der Waals surface area contributed by atoms with Crippen LogP contribution in [0.5, 0.6) is 11.5 Å². The van der Waals surface area contributed by atoms with Crippen molar-refractivity contribution in [1.82, 2.24) is 0 Å². The average Bonchev–Trinajstić information content (AvgIpc) is 3.16. The lowest BCUT2D eigenvalue weighted by molar-refractivity contribution is 0.486. The van der Waals surface area contributed by atoms with Gasteiger partial charge in [0, 0.05) is 27.8 Å². The molecule has 0 bridgehead atoms. The summed E-state index contributed by atoms with van der Waals surface area (Å²) in [5, 5.41) is 2.38. The van der Waals surface area contributed by atoms with Gasteiger partial charge in [-0.15, -0.1) is 0 Å². The van der Waals surface area contributed by atoms with Gasteiger partial charge in [0.15, 0.2) is 0 Å². The summed E-state index contributed by atoms with van der Waals surface area (Å²) in [4.78, 5) is 2.42. The molecule has 8 aromatic rings. The van der Waals surface area contributed by atoms with Crippen molar-refractivity contribution in [3.8, 4) is 56.0 Å². The Labute approximate surface area is 280 Å². The van der Waals surface area contributed by atoms with Gasteiger partial charge in [-0.3, -0.25) is 0 Å². The van der Waals surface area contributed by atoms with E-state index >= 15 is 0 Å². The molecule has 0 radical (unpaired) electrons. The number of hydrogen-bond donors (Lipinski definition) is 0. The van der Waals surface area contributed by atoms with Crippen molar-refractivity contribution in [2.45, 2.75) is 0 Å². The lowest BCUT2D eigenvalue weighted by Gasteiger charge is -2.30. The zero-order valence-corrected chi connectivity index (χ0v) is 26.3. The van der Waals surface area contributed by atoms with E-state index in [1.165, 1.54) is 33.0 Å². The van der Waals surface area contributed by atoms with Gasteiger partial charge in [0.2, 0.25) is 0 Å². The first-order valence-corrected chi connectivity index (χ1v) is 16.4. The van der Waals surface area contributed by atoms with Crippen LogP contribution < -0.4 is 9.64 Å². The van der Waals surface area contributed by atoms with Gasteiger partial charge < -0.3 is 9.64 Å². The minimum atomic E-state index is 0.858. The summed E-state index contributed by atoms with van der Waals surface area (Å²) in [5.41, 5.74) is 12.5. The molecule has 0 saturated carbocycles. The molecule has 0 fully saturated rings. The Morgan fingerprint density at radius 2 is 0.833 bits per heavy atom. The Morgan fingerprint density at radius 3 is 1.52 bits per heavy atom. The molecule has 1 aliphatic heterocycles. The standard InChI is InChI=1S/C46H31NO/c1-3-14-32(15-4-1)33-26-28-35(29-27-33)47(42-23-10-7-18-36(42)34-16-5-2-6-17-34)43-31-30-40-38-20-9-12-25-45(38)48-44-24-11-8-19-37(44)39-21-13-22-41(43)46(39)40/h1-31H. The molecule has 226 valence electrons. The first-order valence-electron chi connectivity index (χ1n) is 16.4. The minimum absolute atomic E-state index is 0.858. The minimum Gasteiger partial charge on any atom is -0.456 e. The Hall–Kier alpha value is -6.38. The van der Waals surface area contributed by atoms with Crippen molar-refractivity contribution in [1.29, 1.82) is 0 Å². The van der Waals surface area contributed by atoms with Crippen LogP contribution in [0.3, 0.4) is 0 Å². The van der Waals surface area contributed by atoms with Crippen molar-refractivity contribution in [2.24, 2.45) is 0 Å². The van der Waals surface area contributed by atoms with Gasteiger partial charge in [0.25, 0.3) is 0 Å². The lowest BCUT2D eigenvalue weighted by atomic mass is 9.88. The van der Waals surface area contributed by atoms with Crippen LogP contribution in [0.4, 0.5) is 17.1 Å². The van der Waals surface area contributed by atoms with Crippen LogP contribution in [-0.2, 0) is 0 Å². The highest BCUT2D eigenvalue weighted by atomic mass is 16.5. The van der Waals surface area contributed by atoms with Crippen LogP contribution in [-0.4, -0.2) is 0 Å². The maximum atomic E-state index is 6.59. The number of benzene rings is 8. The summed E-state index contributed by atoms with van der Waals surface area (Å²) in [6.07, 6.45) is 0. The van der Waals surface area contributed by atoms with Crippen molar-refractivity contribution < 1.29 is 4.74 Å². The topological polar surface area (TPSA) is 12.5 Å². The van der Waals surface area contributed by atoms with E-state index in [2.05, 4.69) is 181 Å². The number of fused-ring (bicyclic) bond motifs is 4. The molecule has 0 unspecified atom stereocenters. The number of para-hydroxylation sites is 3.